The predicted molar refractivity (Wildman–Crippen MR) is 123 cm³/mol. The zero-order valence-electron chi connectivity index (χ0n) is 17.0. The van der Waals surface area contributed by atoms with E-state index in [9.17, 15) is 9.59 Å². The molecular weight excluding hydrogens is 440 g/mol. The minimum atomic E-state index is 0.0107. The highest BCUT2D eigenvalue weighted by atomic mass is 79.9. The van der Waals surface area contributed by atoms with Crippen LogP contribution in [0.15, 0.2) is 65.1 Å². The van der Waals surface area contributed by atoms with Crippen LogP contribution in [0.5, 0.6) is 0 Å². The number of benzene rings is 3. The number of hydrogen-bond acceptors (Lipinski definition) is 3. The molecule has 0 aromatic heterocycles. The second-order valence-corrected chi connectivity index (χ2v) is 8.52. The van der Waals surface area contributed by atoms with E-state index in [1.807, 2.05) is 41.3 Å². The first-order valence-electron chi connectivity index (χ1n) is 9.96. The first-order valence-corrected chi connectivity index (χ1v) is 10.8. The van der Waals surface area contributed by atoms with Gasteiger partial charge in [-0.25, -0.2) is 0 Å². The minimum absolute atomic E-state index is 0.0107. The highest BCUT2D eigenvalue weighted by molar-refractivity contribution is 9.10. The van der Waals surface area contributed by atoms with Crippen molar-refractivity contribution in [3.63, 3.8) is 0 Å². The van der Waals surface area contributed by atoms with E-state index in [0.717, 1.165) is 22.3 Å². The molecule has 0 unspecified atom stereocenters. The fourth-order valence-electron chi connectivity index (χ4n) is 3.84. The first-order chi connectivity index (χ1) is 14.4. The molecule has 5 heteroatoms. The minimum Gasteiger partial charge on any atom is -0.355 e. The number of hydrogen-bond donors (Lipinski definition) is 1. The monoisotopic (exact) mass is 462 g/mol. The van der Waals surface area contributed by atoms with Gasteiger partial charge in [-0.2, -0.15) is 0 Å². The van der Waals surface area contributed by atoms with Crippen molar-refractivity contribution in [2.75, 3.05) is 11.9 Å². The Bertz CT molecular complexity index is 1120. The Kier molecular flexibility index (Phi) is 5.73. The molecule has 0 fully saturated rings. The lowest BCUT2D eigenvalue weighted by molar-refractivity contribution is 0.0735. The molecule has 4 rings (SSSR count). The number of fused-ring (bicyclic) bond motifs is 1. The summed E-state index contributed by atoms with van der Waals surface area (Å²) in [5.41, 5.74) is 6.62. The molecular formula is C25H23BrN2O2. The molecule has 0 bridgehead atoms. The second-order valence-electron chi connectivity index (χ2n) is 7.67. The van der Waals surface area contributed by atoms with Gasteiger partial charge in [-0.15, -0.1) is 0 Å². The molecule has 1 aliphatic heterocycles. The molecule has 30 heavy (non-hydrogen) atoms. The normalized spacial score (nSPS) is 13.0. The van der Waals surface area contributed by atoms with Gasteiger partial charge in [0.05, 0.1) is 11.3 Å². The smallest absolute Gasteiger partial charge is 0.256 e. The molecule has 0 spiro atoms. The number of ketones is 1. The van der Waals surface area contributed by atoms with Crippen LogP contribution in [0.3, 0.4) is 0 Å². The number of carbonyl (C=O) groups excluding carboxylic acids is 2. The number of rotatable bonds is 4. The van der Waals surface area contributed by atoms with E-state index in [2.05, 4.69) is 40.3 Å². The molecule has 1 amide bonds. The Balaban J connectivity index is 1.57. The molecule has 0 radical (unpaired) electrons. The highest BCUT2D eigenvalue weighted by Gasteiger charge is 2.25. The summed E-state index contributed by atoms with van der Waals surface area (Å²) in [6.07, 6.45) is 0.851. The fourth-order valence-corrected chi connectivity index (χ4v) is 4.58. The number of carbonyl (C=O) groups is 2. The number of amides is 1. The molecule has 4 nitrogen and oxygen atoms in total. The number of para-hydroxylation sites is 1. The van der Waals surface area contributed by atoms with E-state index in [0.29, 0.717) is 24.2 Å². The van der Waals surface area contributed by atoms with Gasteiger partial charge in [0.25, 0.3) is 5.91 Å². The van der Waals surface area contributed by atoms with Crippen molar-refractivity contribution in [3.05, 3.63) is 93.0 Å². The number of nitrogens with one attached hydrogen (secondary N) is 1. The van der Waals surface area contributed by atoms with Crippen molar-refractivity contribution in [1.82, 2.24) is 4.90 Å². The lowest BCUT2D eigenvalue weighted by Crippen LogP contribution is -2.36. The lowest BCUT2D eigenvalue weighted by atomic mass is 9.97. The summed E-state index contributed by atoms with van der Waals surface area (Å²) in [5, 5.41) is 3.33. The Morgan fingerprint density at radius 2 is 1.77 bits per heavy atom. The summed E-state index contributed by atoms with van der Waals surface area (Å²) in [5.74, 6) is 0.0421. The maximum atomic E-state index is 13.4. The quantitative estimate of drug-likeness (QED) is 0.490. The maximum Gasteiger partial charge on any atom is 0.256 e. The summed E-state index contributed by atoms with van der Waals surface area (Å²) in [7, 11) is 0. The number of Topliss-reactive ketones (excluding diaryl/α,β-unsaturated/α-hetero) is 1. The van der Waals surface area contributed by atoms with Crippen molar-refractivity contribution < 1.29 is 9.59 Å². The van der Waals surface area contributed by atoms with Crippen LogP contribution in [0.2, 0.25) is 0 Å². The van der Waals surface area contributed by atoms with Crippen molar-refractivity contribution in [1.29, 1.82) is 0 Å². The van der Waals surface area contributed by atoms with Crippen LogP contribution in [-0.4, -0.2) is 23.1 Å². The van der Waals surface area contributed by atoms with Crippen LogP contribution < -0.4 is 5.32 Å². The highest BCUT2D eigenvalue weighted by Crippen LogP contribution is 2.30. The van der Waals surface area contributed by atoms with Crippen LogP contribution in [0.4, 0.5) is 11.4 Å². The summed E-state index contributed by atoms with van der Waals surface area (Å²) in [6.45, 7) is 4.93. The number of anilines is 2. The zero-order valence-corrected chi connectivity index (χ0v) is 18.6. The fraction of sp³-hybridized carbons (Fsp3) is 0.200. The molecule has 0 aliphatic carbocycles. The molecule has 1 aliphatic rings. The molecule has 152 valence electrons. The molecule has 1 heterocycles. The molecule has 3 aromatic carbocycles. The lowest BCUT2D eigenvalue weighted by Gasteiger charge is -2.30. The molecule has 0 saturated carbocycles. The Morgan fingerprint density at radius 3 is 2.50 bits per heavy atom. The summed E-state index contributed by atoms with van der Waals surface area (Å²) in [4.78, 5) is 26.8. The second kappa shape index (κ2) is 8.44. The maximum absolute atomic E-state index is 13.4. The van der Waals surface area contributed by atoms with Gasteiger partial charge in [0, 0.05) is 28.8 Å². The molecule has 1 N–H and O–H groups in total. The van der Waals surface area contributed by atoms with Gasteiger partial charge in [-0.05, 0) is 79.4 Å². The topological polar surface area (TPSA) is 49.4 Å². The van der Waals surface area contributed by atoms with E-state index in [4.69, 9.17) is 0 Å². The standard InChI is InChI=1S/C25H23BrN2O2/c1-16-13-19-11-12-28(15-22(19)23(26)14-16)25(30)21-5-3-4-6-24(21)27-20-9-7-18(8-10-20)17(2)29/h3-10,13-14,27H,11-12,15H2,1-2H3. The molecule has 3 aromatic rings. The first kappa shape index (κ1) is 20.4. The van der Waals surface area contributed by atoms with Gasteiger partial charge in [-0.1, -0.05) is 34.1 Å². The number of nitrogens with zero attached hydrogens (tertiary/aromatic N) is 1. The third kappa shape index (κ3) is 4.17. The third-order valence-corrected chi connectivity index (χ3v) is 6.15. The Labute approximate surface area is 185 Å². The molecule has 0 saturated heterocycles. The van der Waals surface area contributed by atoms with Crippen LogP contribution >= 0.6 is 15.9 Å². The van der Waals surface area contributed by atoms with Crippen LogP contribution in [0, 0.1) is 6.92 Å². The van der Waals surface area contributed by atoms with Gasteiger partial charge in [0.1, 0.15) is 0 Å². The number of aryl methyl sites for hydroxylation is 1. The van der Waals surface area contributed by atoms with Crippen molar-refractivity contribution >= 4 is 39.0 Å². The SMILES string of the molecule is CC(=O)c1ccc(Nc2ccccc2C(=O)N2CCc3cc(C)cc(Br)c3C2)cc1. The third-order valence-electron chi connectivity index (χ3n) is 5.45. The Hall–Kier alpha value is -2.92. The van der Waals surface area contributed by atoms with Gasteiger partial charge in [-0.3, -0.25) is 9.59 Å². The summed E-state index contributed by atoms with van der Waals surface area (Å²) < 4.78 is 1.06. The molecule has 0 atom stereocenters. The average molecular weight is 463 g/mol. The van der Waals surface area contributed by atoms with Crippen LogP contribution in [0.1, 0.15) is 44.3 Å². The van der Waals surface area contributed by atoms with E-state index < -0.39 is 0 Å². The van der Waals surface area contributed by atoms with Gasteiger partial charge in [0.2, 0.25) is 0 Å². The van der Waals surface area contributed by atoms with Gasteiger partial charge in [0.15, 0.2) is 5.78 Å². The van der Waals surface area contributed by atoms with Gasteiger partial charge < -0.3 is 10.2 Å². The zero-order chi connectivity index (χ0) is 21.3. The Morgan fingerprint density at radius 1 is 1.03 bits per heavy atom. The largest absolute Gasteiger partial charge is 0.355 e. The van der Waals surface area contributed by atoms with Crippen molar-refractivity contribution in [2.24, 2.45) is 0 Å². The summed E-state index contributed by atoms with van der Waals surface area (Å²) in [6, 6.07) is 19.2. The van der Waals surface area contributed by atoms with Crippen LogP contribution in [0.25, 0.3) is 0 Å². The number of halogens is 1. The van der Waals surface area contributed by atoms with E-state index >= 15 is 0 Å². The van der Waals surface area contributed by atoms with Crippen molar-refractivity contribution in [2.45, 2.75) is 26.8 Å². The average Bonchev–Trinajstić information content (AvgIpc) is 2.74. The van der Waals surface area contributed by atoms with Crippen molar-refractivity contribution in [3.8, 4) is 0 Å². The summed E-state index contributed by atoms with van der Waals surface area (Å²) >= 11 is 3.67. The van der Waals surface area contributed by atoms with Gasteiger partial charge >= 0.3 is 0 Å². The van der Waals surface area contributed by atoms with E-state index in [-0.39, 0.29) is 11.7 Å². The predicted octanol–water partition coefficient (Wildman–Crippen LogP) is 5.90. The van der Waals surface area contributed by atoms with Crippen LogP contribution in [-0.2, 0) is 13.0 Å². The van der Waals surface area contributed by atoms with E-state index in [1.54, 1.807) is 19.1 Å². The van der Waals surface area contributed by atoms with E-state index in [1.165, 1.54) is 16.7 Å².